The van der Waals surface area contributed by atoms with Crippen LogP contribution in [0.2, 0.25) is 0 Å². The van der Waals surface area contributed by atoms with Crippen LogP contribution in [0.4, 0.5) is 15.8 Å². The van der Waals surface area contributed by atoms with Crippen LogP contribution in [0.1, 0.15) is 25.0 Å². The van der Waals surface area contributed by atoms with E-state index in [2.05, 4.69) is 10.2 Å². The molecule has 0 aliphatic carbocycles. The number of hydrogen-bond donors (Lipinski definition) is 1. The Bertz CT molecular complexity index is 901. The highest BCUT2D eigenvalue weighted by Crippen LogP contribution is 2.25. The third-order valence-corrected chi connectivity index (χ3v) is 5.50. The number of nitrogens with zero attached hydrogens (tertiary/aromatic N) is 2. The average molecular weight is 397 g/mol. The zero-order chi connectivity index (χ0) is 21.2. The van der Waals surface area contributed by atoms with Crippen molar-refractivity contribution in [1.82, 2.24) is 4.90 Å². The highest BCUT2D eigenvalue weighted by Gasteiger charge is 2.40. The van der Waals surface area contributed by atoms with E-state index in [-0.39, 0.29) is 17.6 Å². The Morgan fingerprint density at radius 3 is 2.21 bits per heavy atom. The van der Waals surface area contributed by atoms with E-state index in [4.69, 9.17) is 0 Å². The summed E-state index contributed by atoms with van der Waals surface area (Å²) in [5.41, 5.74) is 2.50. The van der Waals surface area contributed by atoms with Gasteiger partial charge in [0.1, 0.15) is 11.2 Å². The van der Waals surface area contributed by atoms with Gasteiger partial charge in [-0.2, -0.15) is 0 Å². The number of carbonyl (C=O) groups excluding carboxylic acids is 2. The number of halogens is 1. The van der Waals surface area contributed by atoms with E-state index < -0.39 is 5.41 Å². The molecule has 1 N–H and O–H groups in total. The van der Waals surface area contributed by atoms with Crippen molar-refractivity contribution in [1.29, 1.82) is 0 Å². The van der Waals surface area contributed by atoms with E-state index in [1.54, 1.807) is 30.9 Å². The van der Waals surface area contributed by atoms with Gasteiger partial charge in [-0.15, -0.1) is 0 Å². The SMILES string of the molecule is Cc1ccc(C)c(NC(=O)C(C)(C)C(=O)N2CCN(c3ccc(F)cc3)CC2)c1. The Kier molecular flexibility index (Phi) is 5.91. The molecule has 0 saturated carbocycles. The van der Waals surface area contributed by atoms with E-state index in [1.807, 2.05) is 32.0 Å². The van der Waals surface area contributed by atoms with Gasteiger partial charge in [-0.3, -0.25) is 9.59 Å². The molecule has 154 valence electrons. The van der Waals surface area contributed by atoms with E-state index in [0.717, 1.165) is 22.5 Å². The topological polar surface area (TPSA) is 52.7 Å². The zero-order valence-corrected chi connectivity index (χ0v) is 17.5. The molecule has 1 heterocycles. The number of amides is 2. The molecule has 0 radical (unpaired) electrons. The molecule has 0 aromatic heterocycles. The van der Waals surface area contributed by atoms with Crippen molar-refractivity contribution in [3.8, 4) is 0 Å². The second-order valence-electron chi connectivity index (χ2n) is 8.15. The fourth-order valence-electron chi connectivity index (χ4n) is 3.46. The Labute approximate surface area is 171 Å². The van der Waals surface area contributed by atoms with E-state index in [9.17, 15) is 14.0 Å². The third kappa shape index (κ3) is 4.58. The molecule has 1 saturated heterocycles. The van der Waals surface area contributed by atoms with E-state index >= 15 is 0 Å². The van der Waals surface area contributed by atoms with Gasteiger partial charge in [0.25, 0.3) is 0 Å². The molecular formula is C23H28FN3O2. The van der Waals surface area contributed by atoms with Crippen LogP contribution in [0.5, 0.6) is 0 Å². The monoisotopic (exact) mass is 397 g/mol. The van der Waals surface area contributed by atoms with Gasteiger partial charge in [0.05, 0.1) is 0 Å². The second kappa shape index (κ2) is 8.23. The molecule has 6 heteroatoms. The summed E-state index contributed by atoms with van der Waals surface area (Å²) in [5, 5.41) is 2.92. The molecule has 1 fully saturated rings. The first kappa shape index (κ1) is 20.8. The summed E-state index contributed by atoms with van der Waals surface area (Å²) in [6, 6.07) is 12.2. The molecule has 3 rings (SSSR count). The molecule has 1 aliphatic rings. The average Bonchev–Trinajstić information content (AvgIpc) is 2.71. The number of benzene rings is 2. The maximum atomic E-state index is 13.1. The van der Waals surface area contributed by atoms with E-state index in [0.29, 0.717) is 26.2 Å². The fraction of sp³-hybridized carbons (Fsp3) is 0.391. The minimum atomic E-state index is -1.17. The molecule has 2 aromatic carbocycles. The van der Waals surface area contributed by atoms with Gasteiger partial charge >= 0.3 is 0 Å². The minimum Gasteiger partial charge on any atom is -0.368 e. The lowest BCUT2D eigenvalue weighted by molar-refractivity contribution is -0.146. The second-order valence-corrected chi connectivity index (χ2v) is 8.15. The molecule has 1 aliphatic heterocycles. The summed E-state index contributed by atoms with van der Waals surface area (Å²) in [7, 11) is 0. The number of hydrogen-bond acceptors (Lipinski definition) is 3. The van der Waals surface area contributed by atoms with Gasteiger partial charge in [0.15, 0.2) is 0 Å². The first-order valence-corrected chi connectivity index (χ1v) is 9.87. The van der Waals surface area contributed by atoms with Crippen molar-refractivity contribution >= 4 is 23.2 Å². The van der Waals surface area contributed by atoms with Crippen LogP contribution in [-0.4, -0.2) is 42.9 Å². The molecule has 0 spiro atoms. The Hall–Kier alpha value is -2.89. The minimum absolute atomic E-state index is 0.181. The van der Waals surface area contributed by atoms with Crippen LogP contribution < -0.4 is 10.2 Å². The van der Waals surface area contributed by atoms with Crippen molar-refractivity contribution in [2.75, 3.05) is 36.4 Å². The molecule has 0 atom stereocenters. The van der Waals surface area contributed by atoms with Crippen LogP contribution in [0.25, 0.3) is 0 Å². The maximum Gasteiger partial charge on any atom is 0.239 e. The Morgan fingerprint density at radius 1 is 0.966 bits per heavy atom. The van der Waals surface area contributed by atoms with Crippen LogP contribution in [0.3, 0.4) is 0 Å². The first-order valence-electron chi connectivity index (χ1n) is 9.87. The number of rotatable bonds is 4. The summed E-state index contributed by atoms with van der Waals surface area (Å²) in [4.78, 5) is 29.8. The van der Waals surface area contributed by atoms with Gasteiger partial charge in [0, 0.05) is 37.6 Å². The van der Waals surface area contributed by atoms with E-state index in [1.165, 1.54) is 12.1 Å². The number of nitrogens with one attached hydrogen (secondary N) is 1. The summed E-state index contributed by atoms with van der Waals surface area (Å²) >= 11 is 0. The summed E-state index contributed by atoms with van der Waals surface area (Å²) in [6.45, 7) is 9.57. The molecular weight excluding hydrogens is 369 g/mol. The molecule has 0 bridgehead atoms. The van der Waals surface area contributed by atoms with Gasteiger partial charge < -0.3 is 15.1 Å². The number of carbonyl (C=O) groups is 2. The molecule has 2 aromatic rings. The van der Waals surface area contributed by atoms with Gasteiger partial charge in [-0.05, 0) is 69.2 Å². The van der Waals surface area contributed by atoms with Crippen LogP contribution in [-0.2, 0) is 9.59 Å². The van der Waals surface area contributed by atoms with Gasteiger partial charge in [0.2, 0.25) is 11.8 Å². The number of piperazine rings is 1. The highest BCUT2D eigenvalue weighted by molar-refractivity contribution is 6.10. The summed E-state index contributed by atoms with van der Waals surface area (Å²) in [5.74, 6) is -0.754. The van der Waals surface area contributed by atoms with Crippen LogP contribution >= 0.6 is 0 Å². The lowest BCUT2D eigenvalue weighted by atomic mass is 9.89. The predicted molar refractivity (Wildman–Crippen MR) is 114 cm³/mol. The number of anilines is 2. The van der Waals surface area contributed by atoms with Crippen molar-refractivity contribution in [3.63, 3.8) is 0 Å². The summed E-state index contributed by atoms with van der Waals surface area (Å²) in [6.07, 6.45) is 0. The highest BCUT2D eigenvalue weighted by atomic mass is 19.1. The lowest BCUT2D eigenvalue weighted by Crippen LogP contribution is -2.54. The molecule has 2 amide bonds. The fourth-order valence-corrected chi connectivity index (χ4v) is 3.46. The normalized spacial score (nSPS) is 14.7. The summed E-state index contributed by atoms with van der Waals surface area (Å²) < 4.78 is 13.1. The molecule has 5 nitrogen and oxygen atoms in total. The molecule has 29 heavy (non-hydrogen) atoms. The number of aryl methyl sites for hydroxylation is 2. The quantitative estimate of drug-likeness (QED) is 0.800. The van der Waals surface area contributed by atoms with Crippen molar-refractivity contribution in [2.45, 2.75) is 27.7 Å². The lowest BCUT2D eigenvalue weighted by Gasteiger charge is -2.39. The predicted octanol–water partition coefficient (Wildman–Crippen LogP) is 3.76. The largest absolute Gasteiger partial charge is 0.368 e. The van der Waals surface area contributed by atoms with Crippen molar-refractivity contribution in [2.24, 2.45) is 5.41 Å². The maximum absolute atomic E-state index is 13.1. The Balaban J connectivity index is 1.63. The zero-order valence-electron chi connectivity index (χ0n) is 17.5. The van der Waals surface area contributed by atoms with Gasteiger partial charge in [-0.1, -0.05) is 12.1 Å². The standard InChI is InChI=1S/C23H28FN3O2/c1-16-5-6-17(2)20(15-16)25-21(28)23(3,4)22(29)27-13-11-26(12-14-27)19-9-7-18(24)8-10-19/h5-10,15H,11-14H2,1-4H3,(H,25,28). The molecule has 0 unspecified atom stereocenters. The van der Waals surface area contributed by atoms with Crippen molar-refractivity contribution < 1.29 is 14.0 Å². The Morgan fingerprint density at radius 2 is 1.59 bits per heavy atom. The smallest absolute Gasteiger partial charge is 0.239 e. The first-order chi connectivity index (χ1) is 13.7. The third-order valence-electron chi connectivity index (χ3n) is 5.50. The van der Waals surface area contributed by atoms with Gasteiger partial charge in [-0.25, -0.2) is 4.39 Å². The van der Waals surface area contributed by atoms with Crippen LogP contribution in [0, 0.1) is 25.1 Å². The van der Waals surface area contributed by atoms with Crippen molar-refractivity contribution in [3.05, 3.63) is 59.4 Å². The van der Waals surface area contributed by atoms with Crippen LogP contribution in [0.15, 0.2) is 42.5 Å².